The molecule has 0 spiro atoms. The molecule has 2 aliphatic carbocycles. The fraction of sp³-hybridized carbons (Fsp3) is 0.368. The van der Waals surface area contributed by atoms with E-state index >= 15 is 0 Å². The Kier molecular flexibility index (Phi) is 2.99. The molecule has 0 amide bonds. The molecule has 0 bridgehead atoms. The van der Waals surface area contributed by atoms with Crippen LogP contribution < -0.4 is 5.32 Å². The van der Waals surface area contributed by atoms with Crippen LogP contribution in [0.15, 0.2) is 54.6 Å². The monoisotopic (exact) mass is 263 g/mol. The molecule has 2 saturated carbocycles. The van der Waals surface area contributed by atoms with Crippen molar-refractivity contribution in [3.8, 4) is 11.1 Å². The van der Waals surface area contributed by atoms with Gasteiger partial charge < -0.3 is 5.32 Å². The predicted molar refractivity (Wildman–Crippen MR) is 84.7 cm³/mol. The molecule has 0 unspecified atom stereocenters. The summed E-state index contributed by atoms with van der Waals surface area (Å²) in [5.74, 6) is 1.88. The summed E-state index contributed by atoms with van der Waals surface area (Å²) in [4.78, 5) is 0. The lowest BCUT2D eigenvalue weighted by molar-refractivity contribution is 0.568. The van der Waals surface area contributed by atoms with Crippen molar-refractivity contribution in [2.24, 2.45) is 11.8 Å². The van der Waals surface area contributed by atoms with E-state index in [1.54, 1.807) is 0 Å². The molecule has 2 aromatic rings. The average Bonchev–Trinajstić information content (AvgIpc) is 3.40. The van der Waals surface area contributed by atoms with E-state index in [1.165, 1.54) is 42.5 Å². The Morgan fingerprint density at radius 3 is 1.80 bits per heavy atom. The van der Waals surface area contributed by atoms with E-state index < -0.39 is 0 Å². The Bertz CT molecular complexity index is 552. The number of benzene rings is 2. The molecule has 102 valence electrons. The van der Waals surface area contributed by atoms with Crippen molar-refractivity contribution in [3.05, 3.63) is 54.6 Å². The number of hydrogen-bond acceptors (Lipinski definition) is 1. The first-order valence-electron chi connectivity index (χ1n) is 7.82. The second-order valence-electron chi connectivity index (χ2n) is 6.29. The summed E-state index contributed by atoms with van der Waals surface area (Å²) >= 11 is 0. The van der Waals surface area contributed by atoms with Crippen LogP contribution in [0, 0.1) is 11.8 Å². The van der Waals surface area contributed by atoms with Gasteiger partial charge in [-0.3, -0.25) is 0 Å². The largest absolute Gasteiger partial charge is 0.382 e. The molecule has 0 radical (unpaired) electrons. The van der Waals surface area contributed by atoms with Crippen molar-refractivity contribution in [3.63, 3.8) is 0 Å². The van der Waals surface area contributed by atoms with Gasteiger partial charge in [0.1, 0.15) is 0 Å². The standard InChI is InChI=1S/C19H21N/c1-2-4-14(5-3-1)15-10-12-18(13-11-15)20-19(16-6-7-16)17-8-9-17/h1-5,10-13,16-17,19-20H,6-9H2. The van der Waals surface area contributed by atoms with Gasteiger partial charge in [0.05, 0.1) is 0 Å². The smallest absolute Gasteiger partial charge is 0.0342 e. The second-order valence-corrected chi connectivity index (χ2v) is 6.29. The number of anilines is 1. The van der Waals surface area contributed by atoms with E-state index in [4.69, 9.17) is 0 Å². The van der Waals surface area contributed by atoms with E-state index in [-0.39, 0.29) is 0 Å². The van der Waals surface area contributed by atoms with Crippen molar-refractivity contribution in [2.75, 3.05) is 5.32 Å². The average molecular weight is 263 g/mol. The summed E-state index contributed by atoms with van der Waals surface area (Å²) in [6.07, 6.45) is 5.71. The zero-order valence-electron chi connectivity index (χ0n) is 11.8. The summed E-state index contributed by atoms with van der Waals surface area (Å²) in [6, 6.07) is 20.3. The van der Waals surface area contributed by atoms with E-state index in [0.717, 1.165) is 17.9 Å². The van der Waals surface area contributed by atoms with Gasteiger partial charge in [-0.25, -0.2) is 0 Å². The highest BCUT2D eigenvalue weighted by Crippen LogP contribution is 2.45. The molecular weight excluding hydrogens is 242 g/mol. The van der Waals surface area contributed by atoms with Crippen molar-refractivity contribution in [2.45, 2.75) is 31.7 Å². The minimum Gasteiger partial charge on any atom is -0.382 e. The highest BCUT2D eigenvalue weighted by atomic mass is 15.0. The van der Waals surface area contributed by atoms with Crippen LogP contribution in [0.1, 0.15) is 25.7 Å². The first-order chi connectivity index (χ1) is 9.90. The quantitative estimate of drug-likeness (QED) is 0.804. The minimum atomic E-state index is 0.734. The second kappa shape index (κ2) is 4.97. The Morgan fingerprint density at radius 2 is 1.25 bits per heavy atom. The molecular formula is C19H21N. The van der Waals surface area contributed by atoms with Crippen LogP contribution in [0.4, 0.5) is 5.69 Å². The van der Waals surface area contributed by atoms with Gasteiger partial charge in [0.2, 0.25) is 0 Å². The van der Waals surface area contributed by atoms with Crippen LogP contribution in [0.2, 0.25) is 0 Å². The predicted octanol–water partition coefficient (Wildman–Crippen LogP) is 4.95. The lowest BCUT2D eigenvalue weighted by atomic mass is 10.0. The zero-order chi connectivity index (χ0) is 13.4. The lowest BCUT2D eigenvalue weighted by Gasteiger charge is -2.19. The Hall–Kier alpha value is -1.76. The number of nitrogens with one attached hydrogen (secondary N) is 1. The highest BCUT2D eigenvalue weighted by Gasteiger charge is 2.41. The maximum atomic E-state index is 3.78. The molecule has 0 heterocycles. The summed E-state index contributed by atoms with van der Waals surface area (Å²) in [6.45, 7) is 0. The van der Waals surface area contributed by atoms with E-state index in [2.05, 4.69) is 59.9 Å². The van der Waals surface area contributed by atoms with E-state index in [1.807, 2.05) is 0 Å². The highest BCUT2D eigenvalue weighted by molar-refractivity contribution is 5.66. The maximum absolute atomic E-state index is 3.78. The molecule has 2 aliphatic rings. The third-order valence-electron chi connectivity index (χ3n) is 4.59. The normalized spacial score (nSPS) is 18.2. The van der Waals surface area contributed by atoms with Gasteiger partial charge >= 0.3 is 0 Å². The topological polar surface area (TPSA) is 12.0 Å². The Labute approximate surface area is 121 Å². The Balaban J connectivity index is 1.49. The molecule has 1 heteroatoms. The van der Waals surface area contributed by atoms with Crippen LogP contribution in [-0.2, 0) is 0 Å². The first-order valence-corrected chi connectivity index (χ1v) is 7.82. The fourth-order valence-corrected chi connectivity index (χ4v) is 3.11. The van der Waals surface area contributed by atoms with Gasteiger partial charge in [-0.2, -0.15) is 0 Å². The van der Waals surface area contributed by atoms with E-state index in [9.17, 15) is 0 Å². The van der Waals surface area contributed by atoms with Gasteiger partial charge in [-0.15, -0.1) is 0 Å². The molecule has 20 heavy (non-hydrogen) atoms. The van der Waals surface area contributed by atoms with E-state index in [0.29, 0.717) is 0 Å². The summed E-state index contributed by atoms with van der Waals surface area (Å²) in [5.41, 5.74) is 3.87. The molecule has 0 aromatic heterocycles. The summed E-state index contributed by atoms with van der Waals surface area (Å²) in [5, 5.41) is 3.78. The third-order valence-corrected chi connectivity index (χ3v) is 4.59. The molecule has 0 aliphatic heterocycles. The van der Waals surface area contributed by atoms with Crippen LogP contribution in [0.3, 0.4) is 0 Å². The van der Waals surface area contributed by atoms with Crippen molar-refractivity contribution < 1.29 is 0 Å². The van der Waals surface area contributed by atoms with Crippen molar-refractivity contribution in [1.82, 2.24) is 0 Å². The molecule has 0 saturated heterocycles. The van der Waals surface area contributed by atoms with Crippen molar-refractivity contribution >= 4 is 5.69 Å². The fourth-order valence-electron chi connectivity index (χ4n) is 3.11. The molecule has 2 fully saturated rings. The van der Waals surface area contributed by atoms with Gasteiger partial charge in [0.25, 0.3) is 0 Å². The number of hydrogen-bond donors (Lipinski definition) is 1. The Morgan fingerprint density at radius 1 is 0.700 bits per heavy atom. The molecule has 0 atom stereocenters. The SMILES string of the molecule is c1ccc(-c2ccc(NC(C3CC3)C3CC3)cc2)cc1. The van der Waals surface area contributed by atoms with Crippen LogP contribution in [0.5, 0.6) is 0 Å². The maximum Gasteiger partial charge on any atom is 0.0342 e. The van der Waals surface area contributed by atoms with Gasteiger partial charge in [0, 0.05) is 11.7 Å². The van der Waals surface area contributed by atoms with Gasteiger partial charge in [-0.05, 0) is 60.8 Å². The van der Waals surface area contributed by atoms with Crippen LogP contribution in [0.25, 0.3) is 11.1 Å². The van der Waals surface area contributed by atoms with Gasteiger partial charge in [0.15, 0.2) is 0 Å². The first kappa shape index (κ1) is 12.0. The summed E-state index contributed by atoms with van der Waals surface area (Å²) < 4.78 is 0. The molecule has 4 rings (SSSR count). The summed E-state index contributed by atoms with van der Waals surface area (Å²) in [7, 11) is 0. The number of rotatable bonds is 5. The molecule has 1 N–H and O–H groups in total. The van der Waals surface area contributed by atoms with Crippen molar-refractivity contribution in [1.29, 1.82) is 0 Å². The lowest BCUT2D eigenvalue weighted by Crippen LogP contribution is -2.24. The minimum absolute atomic E-state index is 0.734. The zero-order valence-corrected chi connectivity index (χ0v) is 11.8. The molecule has 2 aromatic carbocycles. The van der Waals surface area contributed by atoms with Crippen LogP contribution in [-0.4, -0.2) is 6.04 Å². The van der Waals surface area contributed by atoms with Crippen LogP contribution >= 0.6 is 0 Å². The molecule has 1 nitrogen and oxygen atoms in total. The third kappa shape index (κ3) is 2.58. The van der Waals surface area contributed by atoms with Gasteiger partial charge in [-0.1, -0.05) is 42.5 Å².